The van der Waals surface area contributed by atoms with Gasteiger partial charge in [0.05, 0.1) is 18.8 Å². The lowest BCUT2D eigenvalue weighted by atomic mass is 10.1. The summed E-state index contributed by atoms with van der Waals surface area (Å²) < 4.78 is 5.16. The van der Waals surface area contributed by atoms with Gasteiger partial charge in [0.25, 0.3) is 0 Å². The first-order valence-electron chi connectivity index (χ1n) is 8.09. The highest BCUT2D eigenvalue weighted by atomic mass is 16.3. The Morgan fingerprint density at radius 2 is 1.96 bits per heavy atom. The average Bonchev–Trinajstić information content (AvgIpc) is 3.30. The lowest BCUT2D eigenvalue weighted by molar-refractivity contribution is -0.117. The van der Waals surface area contributed by atoms with Gasteiger partial charge in [-0.2, -0.15) is 0 Å². The largest absolute Gasteiger partial charge is 0.467 e. The van der Waals surface area contributed by atoms with Crippen molar-refractivity contribution in [1.29, 1.82) is 0 Å². The molecule has 0 bridgehead atoms. The van der Waals surface area contributed by atoms with Gasteiger partial charge in [-0.3, -0.25) is 4.79 Å². The molecule has 1 aromatic heterocycles. The van der Waals surface area contributed by atoms with Gasteiger partial charge in [-0.05, 0) is 49.6 Å². The van der Waals surface area contributed by atoms with E-state index in [2.05, 4.69) is 16.0 Å². The van der Waals surface area contributed by atoms with E-state index in [4.69, 9.17) is 4.42 Å². The monoisotopic (exact) mass is 327 g/mol. The fourth-order valence-corrected chi connectivity index (χ4v) is 2.36. The third-order valence-corrected chi connectivity index (χ3v) is 3.98. The number of carbonyl (C=O) groups is 2. The van der Waals surface area contributed by atoms with Gasteiger partial charge >= 0.3 is 6.03 Å². The topological polar surface area (TPSA) is 83.4 Å². The molecule has 1 saturated carbocycles. The molecular formula is C18H21N3O3. The van der Waals surface area contributed by atoms with E-state index < -0.39 is 0 Å². The Hall–Kier alpha value is -2.76. The highest BCUT2D eigenvalue weighted by molar-refractivity contribution is 5.94. The van der Waals surface area contributed by atoms with Crippen LogP contribution in [0.4, 0.5) is 10.5 Å². The van der Waals surface area contributed by atoms with E-state index >= 15 is 0 Å². The Kier molecular flexibility index (Phi) is 4.84. The molecule has 0 unspecified atom stereocenters. The Morgan fingerprint density at radius 1 is 1.21 bits per heavy atom. The second-order valence-corrected chi connectivity index (χ2v) is 6.01. The van der Waals surface area contributed by atoms with Crippen molar-refractivity contribution in [2.45, 2.75) is 32.4 Å². The first-order valence-corrected chi connectivity index (χ1v) is 8.09. The number of hydrogen-bond donors (Lipinski definition) is 3. The van der Waals surface area contributed by atoms with Crippen molar-refractivity contribution in [2.75, 3.05) is 5.32 Å². The van der Waals surface area contributed by atoms with E-state index in [1.165, 1.54) is 0 Å². The summed E-state index contributed by atoms with van der Waals surface area (Å²) in [4.78, 5) is 23.6. The van der Waals surface area contributed by atoms with Crippen molar-refractivity contribution in [3.8, 4) is 0 Å². The normalized spacial score (nSPS) is 14.7. The fourth-order valence-electron chi connectivity index (χ4n) is 2.36. The first-order chi connectivity index (χ1) is 11.6. The molecule has 0 saturated heterocycles. The molecular weight excluding hydrogens is 306 g/mol. The Labute approximate surface area is 140 Å². The SMILES string of the molecule is C[C@@H](NC(=O)NCc1ccco1)c1ccc(NC(=O)C2CC2)cc1. The molecule has 1 fully saturated rings. The average molecular weight is 327 g/mol. The van der Waals surface area contributed by atoms with Crippen molar-refractivity contribution >= 4 is 17.6 Å². The van der Waals surface area contributed by atoms with Crippen LogP contribution in [0, 0.1) is 5.92 Å². The fraction of sp³-hybridized carbons (Fsp3) is 0.333. The van der Waals surface area contributed by atoms with E-state index in [0.29, 0.717) is 12.3 Å². The maximum atomic E-state index is 11.9. The number of urea groups is 1. The molecule has 0 aliphatic heterocycles. The number of benzene rings is 1. The standard InChI is InChI=1S/C18H21N3O3/c1-12(20-18(23)19-11-16-3-2-10-24-16)13-6-8-15(9-7-13)21-17(22)14-4-5-14/h2-3,6-10,12,14H,4-5,11H2,1H3,(H,21,22)(H2,19,20,23)/t12-/m1/s1. The van der Waals surface area contributed by atoms with Gasteiger partial charge in [0.15, 0.2) is 0 Å². The molecule has 1 aliphatic carbocycles. The summed E-state index contributed by atoms with van der Waals surface area (Å²) in [5, 5.41) is 8.51. The quantitative estimate of drug-likeness (QED) is 0.762. The molecule has 24 heavy (non-hydrogen) atoms. The highest BCUT2D eigenvalue weighted by Gasteiger charge is 2.29. The summed E-state index contributed by atoms with van der Waals surface area (Å²) in [7, 11) is 0. The summed E-state index contributed by atoms with van der Waals surface area (Å²) >= 11 is 0. The number of hydrogen-bond acceptors (Lipinski definition) is 3. The van der Waals surface area contributed by atoms with Crippen LogP contribution in [-0.4, -0.2) is 11.9 Å². The summed E-state index contributed by atoms with van der Waals surface area (Å²) in [6, 6.07) is 10.7. The van der Waals surface area contributed by atoms with Gasteiger partial charge in [-0.15, -0.1) is 0 Å². The number of nitrogens with one attached hydrogen (secondary N) is 3. The Balaban J connectivity index is 1.47. The van der Waals surface area contributed by atoms with Crippen LogP contribution in [0.5, 0.6) is 0 Å². The van der Waals surface area contributed by atoms with Gasteiger partial charge in [0, 0.05) is 11.6 Å². The molecule has 6 nitrogen and oxygen atoms in total. The minimum absolute atomic E-state index is 0.0891. The van der Waals surface area contributed by atoms with Crippen molar-refractivity contribution in [1.82, 2.24) is 10.6 Å². The van der Waals surface area contributed by atoms with E-state index in [1.54, 1.807) is 18.4 Å². The Bertz CT molecular complexity index is 691. The summed E-state index contributed by atoms with van der Waals surface area (Å²) in [5.41, 5.74) is 1.75. The van der Waals surface area contributed by atoms with Crippen molar-refractivity contribution < 1.29 is 14.0 Å². The van der Waals surface area contributed by atoms with Gasteiger partial charge in [0.2, 0.25) is 5.91 Å². The van der Waals surface area contributed by atoms with Crippen LogP contribution in [0.1, 0.15) is 37.1 Å². The summed E-state index contributed by atoms with van der Waals surface area (Å²) in [5.74, 6) is 0.975. The van der Waals surface area contributed by atoms with Crippen LogP contribution in [0.2, 0.25) is 0 Å². The maximum Gasteiger partial charge on any atom is 0.315 e. The van der Waals surface area contributed by atoms with E-state index in [0.717, 1.165) is 24.1 Å². The molecule has 3 rings (SSSR count). The lowest BCUT2D eigenvalue weighted by Crippen LogP contribution is -2.36. The van der Waals surface area contributed by atoms with Crippen LogP contribution in [0.3, 0.4) is 0 Å². The van der Waals surface area contributed by atoms with Crippen LogP contribution in [-0.2, 0) is 11.3 Å². The smallest absolute Gasteiger partial charge is 0.315 e. The van der Waals surface area contributed by atoms with Crippen molar-refractivity contribution in [3.63, 3.8) is 0 Å². The third-order valence-electron chi connectivity index (χ3n) is 3.98. The predicted molar refractivity (Wildman–Crippen MR) is 90.3 cm³/mol. The first kappa shape index (κ1) is 16.1. The van der Waals surface area contributed by atoms with Crippen molar-refractivity contribution in [3.05, 3.63) is 54.0 Å². The molecule has 3 amide bonds. The molecule has 1 aliphatic rings. The molecule has 2 aromatic rings. The zero-order chi connectivity index (χ0) is 16.9. The zero-order valence-electron chi connectivity index (χ0n) is 13.5. The molecule has 3 N–H and O–H groups in total. The maximum absolute atomic E-state index is 11.9. The van der Waals surface area contributed by atoms with Crippen LogP contribution in [0.15, 0.2) is 47.1 Å². The molecule has 6 heteroatoms. The second-order valence-electron chi connectivity index (χ2n) is 6.01. The van der Waals surface area contributed by atoms with Gasteiger partial charge < -0.3 is 20.4 Å². The minimum atomic E-state index is -0.259. The van der Waals surface area contributed by atoms with E-state index in [1.807, 2.05) is 31.2 Å². The summed E-state index contributed by atoms with van der Waals surface area (Å²) in [6.45, 7) is 2.25. The number of carbonyl (C=O) groups excluding carboxylic acids is 2. The van der Waals surface area contributed by atoms with Crippen LogP contribution >= 0.6 is 0 Å². The van der Waals surface area contributed by atoms with Gasteiger partial charge in [0.1, 0.15) is 5.76 Å². The van der Waals surface area contributed by atoms with Gasteiger partial charge in [-0.1, -0.05) is 12.1 Å². The third kappa shape index (κ3) is 4.38. The number of anilines is 1. The zero-order valence-corrected chi connectivity index (χ0v) is 13.5. The Morgan fingerprint density at radius 3 is 2.58 bits per heavy atom. The van der Waals surface area contributed by atoms with Crippen LogP contribution in [0.25, 0.3) is 0 Å². The molecule has 126 valence electrons. The minimum Gasteiger partial charge on any atom is -0.467 e. The molecule has 0 radical (unpaired) electrons. The van der Waals surface area contributed by atoms with Gasteiger partial charge in [-0.25, -0.2) is 4.79 Å². The second kappa shape index (κ2) is 7.21. The lowest BCUT2D eigenvalue weighted by Gasteiger charge is -2.15. The van der Waals surface area contributed by atoms with Crippen LogP contribution < -0.4 is 16.0 Å². The number of amides is 3. The van der Waals surface area contributed by atoms with E-state index in [9.17, 15) is 9.59 Å². The number of furan rings is 1. The molecule has 1 heterocycles. The molecule has 1 aromatic carbocycles. The van der Waals surface area contributed by atoms with Crippen molar-refractivity contribution in [2.24, 2.45) is 5.92 Å². The van der Waals surface area contributed by atoms with E-state index in [-0.39, 0.29) is 23.9 Å². The molecule has 0 spiro atoms. The molecule has 1 atom stereocenters. The number of rotatable bonds is 6. The highest BCUT2D eigenvalue weighted by Crippen LogP contribution is 2.30. The predicted octanol–water partition coefficient (Wildman–Crippen LogP) is 3.19. The summed E-state index contributed by atoms with van der Waals surface area (Å²) in [6.07, 6.45) is 3.54.